The van der Waals surface area contributed by atoms with Crippen molar-refractivity contribution in [3.63, 3.8) is 0 Å². The Morgan fingerprint density at radius 1 is 1.47 bits per heavy atom. The van der Waals surface area contributed by atoms with Crippen molar-refractivity contribution in [1.29, 1.82) is 0 Å². The minimum atomic E-state index is -0.322. The molecule has 3 N–H and O–H groups in total. The second-order valence-electron chi connectivity index (χ2n) is 4.36. The molecule has 19 heavy (non-hydrogen) atoms. The summed E-state index contributed by atoms with van der Waals surface area (Å²) in [6.07, 6.45) is 4.31. The number of nitrogens with zero attached hydrogens (tertiary/aromatic N) is 2. The van der Waals surface area contributed by atoms with Crippen molar-refractivity contribution in [3.05, 3.63) is 42.5 Å². The van der Waals surface area contributed by atoms with Crippen LogP contribution < -0.4 is 11.1 Å². The zero-order valence-electron chi connectivity index (χ0n) is 11.1. The Labute approximate surface area is 112 Å². The molecule has 1 aromatic carbocycles. The molecule has 1 unspecified atom stereocenters. The van der Waals surface area contributed by atoms with Crippen LogP contribution in [0.25, 0.3) is 0 Å². The van der Waals surface area contributed by atoms with Crippen LogP contribution in [0.3, 0.4) is 0 Å². The SMILES string of the molecule is CCc1nccn1C(C)C(=O)Nc1ccccc1N. The summed E-state index contributed by atoms with van der Waals surface area (Å²) in [5, 5.41) is 2.84. The topological polar surface area (TPSA) is 72.9 Å². The third-order valence-corrected chi connectivity index (χ3v) is 3.08. The molecule has 5 nitrogen and oxygen atoms in total. The summed E-state index contributed by atoms with van der Waals surface area (Å²) in [6, 6.07) is 6.89. The molecular weight excluding hydrogens is 240 g/mol. The molecule has 5 heteroatoms. The van der Waals surface area contributed by atoms with Crippen molar-refractivity contribution in [2.75, 3.05) is 11.1 Å². The van der Waals surface area contributed by atoms with Crippen molar-refractivity contribution in [2.45, 2.75) is 26.3 Å². The molecule has 1 atom stereocenters. The molecule has 0 spiro atoms. The maximum atomic E-state index is 12.2. The standard InChI is InChI=1S/C14H18N4O/c1-3-13-16-8-9-18(13)10(2)14(19)17-12-7-5-4-6-11(12)15/h4-10H,3,15H2,1-2H3,(H,17,19). The molecule has 0 aliphatic carbocycles. The fraction of sp³-hybridized carbons (Fsp3) is 0.286. The lowest BCUT2D eigenvalue weighted by atomic mass is 10.2. The van der Waals surface area contributed by atoms with Crippen LogP contribution in [0.1, 0.15) is 25.7 Å². The molecule has 1 amide bonds. The summed E-state index contributed by atoms with van der Waals surface area (Å²) in [6.45, 7) is 3.86. The van der Waals surface area contributed by atoms with Crippen LogP contribution >= 0.6 is 0 Å². The van der Waals surface area contributed by atoms with Crippen LogP contribution in [0.5, 0.6) is 0 Å². The Morgan fingerprint density at radius 3 is 2.89 bits per heavy atom. The van der Waals surface area contributed by atoms with E-state index in [9.17, 15) is 4.79 Å². The monoisotopic (exact) mass is 258 g/mol. The summed E-state index contributed by atoms with van der Waals surface area (Å²) in [7, 11) is 0. The smallest absolute Gasteiger partial charge is 0.247 e. The first-order valence-corrected chi connectivity index (χ1v) is 6.30. The summed E-state index contributed by atoms with van der Waals surface area (Å²) >= 11 is 0. The molecule has 1 aromatic heterocycles. The predicted molar refractivity (Wildman–Crippen MR) is 75.8 cm³/mol. The fourth-order valence-electron chi connectivity index (χ4n) is 1.94. The minimum Gasteiger partial charge on any atom is -0.397 e. The third-order valence-electron chi connectivity index (χ3n) is 3.08. The number of anilines is 2. The van der Waals surface area contributed by atoms with E-state index in [0.717, 1.165) is 12.2 Å². The van der Waals surface area contributed by atoms with Gasteiger partial charge in [0.15, 0.2) is 0 Å². The molecule has 0 aliphatic heterocycles. The van der Waals surface area contributed by atoms with Gasteiger partial charge in [-0.2, -0.15) is 0 Å². The number of aryl methyl sites for hydroxylation is 1. The van der Waals surface area contributed by atoms with E-state index in [1.807, 2.05) is 36.7 Å². The molecule has 0 aliphatic rings. The lowest BCUT2D eigenvalue weighted by Gasteiger charge is -2.16. The van der Waals surface area contributed by atoms with Gasteiger partial charge in [0.1, 0.15) is 11.9 Å². The minimum absolute atomic E-state index is 0.106. The number of nitrogens with two attached hydrogens (primary N) is 1. The van der Waals surface area contributed by atoms with Crippen molar-refractivity contribution >= 4 is 17.3 Å². The van der Waals surface area contributed by atoms with Gasteiger partial charge in [-0.3, -0.25) is 4.79 Å². The average molecular weight is 258 g/mol. The second-order valence-corrected chi connectivity index (χ2v) is 4.36. The molecule has 0 saturated carbocycles. The number of imidazole rings is 1. The van der Waals surface area contributed by atoms with Crippen LogP contribution in [-0.2, 0) is 11.2 Å². The number of carbonyl (C=O) groups excluding carboxylic acids is 1. The van der Waals surface area contributed by atoms with Gasteiger partial charge in [0.05, 0.1) is 11.4 Å². The molecule has 0 bridgehead atoms. The lowest BCUT2D eigenvalue weighted by molar-refractivity contribution is -0.118. The lowest BCUT2D eigenvalue weighted by Crippen LogP contribution is -2.24. The highest BCUT2D eigenvalue weighted by Gasteiger charge is 2.17. The molecule has 100 valence electrons. The number of amides is 1. The van der Waals surface area contributed by atoms with E-state index >= 15 is 0 Å². The van der Waals surface area contributed by atoms with Crippen molar-refractivity contribution < 1.29 is 4.79 Å². The number of aromatic nitrogens is 2. The van der Waals surface area contributed by atoms with Crippen LogP contribution in [0.2, 0.25) is 0 Å². The number of hydrogen-bond donors (Lipinski definition) is 2. The van der Waals surface area contributed by atoms with Crippen LogP contribution in [0.4, 0.5) is 11.4 Å². The van der Waals surface area contributed by atoms with Crippen LogP contribution in [0.15, 0.2) is 36.7 Å². The molecule has 0 radical (unpaired) electrons. The van der Waals surface area contributed by atoms with Gasteiger partial charge in [0.2, 0.25) is 5.91 Å². The Morgan fingerprint density at radius 2 is 2.21 bits per heavy atom. The normalized spacial score (nSPS) is 12.1. The van der Waals surface area contributed by atoms with E-state index in [4.69, 9.17) is 5.73 Å². The molecule has 2 rings (SSSR count). The van der Waals surface area contributed by atoms with Crippen LogP contribution in [0, 0.1) is 0 Å². The molecule has 0 saturated heterocycles. The van der Waals surface area contributed by atoms with E-state index in [1.165, 1.54) is 0 Å². The number of hydrogen-bond acceptors (Lipinski definition) is 3. The van der Waals surface area contributed by atoms with Gasteiger partial charge in [0.25, 0.3) is 0 Å². The highest BCUT2D eigenvalue weighted by Crippen LogP contribution is 2.19. The van der Waals surface area contributed by atoms with Gasteiger partial charge < -0.3 is 15.6 Å². The number of nitrogen functional groups attached to an aromatic ring is 1. The molecular formula is C14H18N4O. The Balaban J connectivity index is 2.14. The number of benzene rings is 1. The third kappa shape index (κ3) is 2.76. The van der Waals surface area contributed by atoms with Gasteiger partial charge in [-0.15, -0.1) is 0 Å². The van der Waals surface area contributed by atoms with E-state index < -0.39 is 0 Å². The predicted octanol–water partition coefficient (Wildman–Crippen LogP) is 2.23. The van der Waals surface area contributed by atoms with E-state index in [1.54, 1.807) is 18.3 Å². The van der Waals surface area contributed by atoms with Gasteiger partial charge in [-0.25, -0.2) is 4.98 Å². The van der Waals surface area contributed by atoms with Gasteiger partial charge in [-0.1, -0.05) is 19.1 Å². The van der Waals surface area contributed by atoms with Gasteiger partial charge in [-0.05, 0) is 19.1 Å². The summed E-state index contributed by atoms with van der Waals surface area (Å²) in [5.74, 6) is 0.786. The first-order chi connectivity index (χ1) is 9.13. The molecule has 1 heterocycles. The zero-order chi connectivity index (χ0) is 13.8. The summed E-state index contributed by atoms with van der Waals surface area (Å²) < 4.78 is 1.87. The van der Waals surface area contributed by atoms with Gasteiger partial charge >= 0.3 is 0 Å². The van der Waals surface area contributed by atoms with E-state index in [0.29, 0.717) is 11.4 Å². The molecule has 0 fully saturated rings. The van der Waals surface area contributed by atoms with E-state index in [2.05, 4.69) is 10.3 Å². The number of carbonyl (C=O) groups is 1. The quantitative estimate of drug-likeness (QED) is 0.826. The molecule has 2 aromatic rings. The maximum Gasteiger partial charge on any atom is 0.247 e. The fourth-order valence-corrected chi connectivity index (χ4v) is 1.94. The Bertz CT molecular complexity index is 576. The van der Waals surface area contributed by atoms with Crippen molar-refractivity contribution in [2.24, 2.45) is 0 Å². The number of nitrogens with one attached hydrogen (secondary N) is 1. The van der Waals surface area contributed by atoms with Gasteiger partial charge in [0, 0.05) is 18.8 Å². The number of rotatable bonds is 4. The highest BCUT2D eigenvalue weighted by atomic mass is 16.2. The zero-order valence-corrected chi connectivity index (χ0v) is 11.1. The maximum absolute atomic E-state index is 12.2. The largest absolute Gasteiger partial charge is 0.397 e. The van der Waals surface area contributed by atoms with Crippen molar-refractivity contribution in [1.82, 2.24) is 9.55 Å². The second kappa shape index (κ2) is 5.56. The van der Waals surface area contributed by atoms with Crippen LogP contribution in [-0.4, -0.2) is 15.5 Å². The first kappa shape index (κ1) is 13.1. The highest BCUT2D eigenvalue weighted by molar-refractivity contribution is 5.96. The number of para-hydroxylation sites is 2. The first-order valence-electron chi connectivity index (χ1n) is 6.30. The average Bonchev–Trinajstić information content (AvgIpc) is 2.88. The Hall–Kier alpha value is -2.30. The summed E-state index contributed by atoms with van der Waals surface area (Å²) in [5.41, 5.74) is 7.01. The summed E-state index contributed by atoms with van der Waals surface area (Å²) in [4.78, 5) is 16.4. The Kier molecular flexibility index (Phi) is 3.85. The van der Waals surface area contributed by atoms with Crippen molar-refractivity contribution in [3.8, 4) is 0 Å². The van der Waals surface area contributed by atoms with E-state index in [-0.39, 0.29) is 11.9 Å².